The number of thioether (sulfide) groups is 1. The molecule has 0 atom stereocenters. The van der Waals surface area contributed by atoms with Gasteiger partial charge < -0.3 is 5.32 Å². The molecular formula is C11H21N3S. The first-order valence-corrected chi connectivity index (χ1v) is 6.82. The van der Waals surface area contributed by atoms with Crippen LogP contribution in [0.2, 0.25) is 0 Å². The standard InChI is InChI=1S/C11H21N3S/c1-3-14-10-11(9-13-14)8-12-6-5-7-15-4-2/h9-10,12H,3-8H2,1-2H3. The van der Waals surface area contributed by atoms with Gasteiger partial charge in [0.15, 0.2) is 0 Å². The van der Waals surface area contributed by atoms with Crippen LogP contribution in [-0.2, 0) is 13.1 Å². The minimum atomic E-state index is 0.941. The third-order valence-electron chi connectivity index (χ3n) is 2.19. The monoisotopic (exact) mass is 227 g/mol. The summed E-state index contributed by atoms with van der Waals surface area (Å²) in [6, 6.07) is 0. The molecule has 0 saturated heterocycles. The summed E-state index contributed by atoms with van der Waals surface area (Å²) in [5.41, 5.74) is 1.28. The zero-order valence-electron chi connectivity index (χ0n) is 9.70. The van der Waals surface area contributed by atoms with E-state index in [1.54, 1.807) is 0 Å². The molecule has 0 bridgehead atoms. The summed E-state index contributed by atoms with van der Waals surface area (Å²) in [6.07, 6.45) is 5.30. The van der Waals surface area contributed by atoms with Gasteiger partial charge in [-0.2, -0.15) is 16.9 Å². The fraction of sp³-hybridized carbons (Fsp3) is 0.727. The van der Waals surface area contributed by atoms with Gasteiger partial charge in [-0.25, -0.2) is 0 Å². The average molecular weight is 227 g/mol. The fourth-order valence-corrected chi connectivity index (χ4v) is 1.98. The van der Waals surface area contributed by atoms with Gasteiger partial charge in [0.25, 0.3) is 0 Å². The molecule has 1 N–H and O–H groups in total. The second-order valence-corrected chi connectivity index (χ2v) is 4.83. The molecule has 0 aliphatic rings. The summed E-state index contributed by atoms with van der Waals surface area (Å²) in [5.74, 6) is 2.49. The molecule has 1 rings (SSSR count). The molecule has 3 nitrogen and oxygen atoms in total. The summed E-state index contributed by atoms with van der Waals surface area (Å²) < 4.78 is 1.96. The molecule has 0 radical (unpaired) electrons. The highest BCUT2D eigenvalue weighted by molar-refractivity contribution is 7.99. The molecule has 0 unspecified atom stereocenters. The van der Waals surface area contributed by atoms with Crippen molar-refractivity contribution in [2.24, 2.45) is 0 Å². The van der Waals surface area contributed by atoms with Crippen molar-refractivity contribution in [1.82, 2.24) is 15.1 Å². The van der Waals surface area contributed by atoms with Crippen LogP contribution in [0.25, 0.3) is 0 Å². The Bertz CT molecular complexity index is 260. The number of aryl methyl sites for hydroxylation is 1. The SMILES string of the molecule is CCSCCCNCc1cnn(CC)c1. The van der Waals surface area contributed by atoms with E-state index in [0.29, 0.717) is 0 Å². The Kier molecular flexibility index (Phi) is 6.52. The molecule has 0 fully saturated rings. The minimum absolute atomic E-state index is 0.941. The van der Waals surface area contributed by atoms with Crippen LogP contribution in [0.1, 0.15) is 25.8 Å². The van der Waals surface area contributed by atoms with Crippen LogP contribution in [0.3, 0.4) is 0 Å². The van der Waals surface area contributed by atoms with Gasteiger partial charge in [-0.15, -0.1) is 0 Å². The van der Waals surface area contributed by atoms with Crippen LogP contribution in [0.4, 0.5) is 0 Å². The maximum absolute atomic E-state index is 4.24. The Labute approximate surface area is 96.6 Å². The minimum Gasteiger partial charge on any atom is -0.313 e. The predicted molar refractivity (Wildman–Crippen MR) is 67.2 cm³/mol. The lowest BCUT2D eigenvalue weighted by atomic mass is 10.3. The maximum atomic E-state index is 4.24. The highest BCUT2D eigenvalue weighted by Crippen LogP contribution is 2.00. The van der Waals surface area contributed by atoms with Gasteiger partial charge in [0.1, 0.15) is 0 Å². The molecule has 15 heavy (non-hydrogen) atoms. The summed E-state index contributed by atoms with van der Waals surface area (Å²) in [6.45, 7) is 7.30. The van der Waals surface area contributed by atoms with Crippen molar-refractivity contribution in [2.45, 2.75) is 33.4 Å². The Morgan fingerprint density at radius 3 is 3.00 bits per heavy atom. The summed E-state index contributed by atoms with van der Waals surface area (Å²) in [4.78, 5) is 0. The molecule has 0 amide bonds. The zero-order chi connectivity index (χ0) is 10.9. The number of aromatic nitrogens is 2. The van der Waals surface area contributed by atoms with E-state index in [4.69, 9.17) is 0 Å². The van der Waals surface area contributed by atoms with E-state index in [-0.39, 0.29) is 0 Å². The summed E-state index contributed by atoms with van der Waals surface area (Å²) in [5, 5.41) is 7.67. The molecule has 86 valence electrons. The van der Waals surface area contributed by atoms with Gasteiger partial charge in [-0.3, -0.25) is 4.68 Å². The third-order valence-corrected chi connectivity index (χ3v) is 3.17. The van der Waals surface area contributed by atoms with Gasteiger partial charge in [0, 0.05) is 24.8 Å². The molecule has 0 saturated carbocycles. The lowest BCUT2D eigenvalue weighted by Gasteiger charge is -2.01. The van der Waals surface area contributed by atoms with E-state index in [9.17, 15) is 0 Å². The van der Waals surface area contributed by atoms with E-state index < -0.39 is 0 Å². The van der Waals surface area contributed by atoms with Crippen LogP contribution in [-0.4, -0.2) is 27.8 Å². The van der Waals surface area contributed by atoms with Crippen molar-refractivity contribution in [3.05, 3.63) is 18.0 Å². The lowest BCUT2D eigenvalue weighted by molar-refractivity contribution is 0.654. The second-order valence-electron chi connectivity index (χ2n) is 3.43. The lowest BCUT2D eigenvalue weighted by Crippen LogP contribution is -2.14. The predicted octanol–water partition coefficient (Wildman–Crippen LogP) is 2.14. The van der Waals surface area contributed by atoms with Crippen LogP contribution in [0.15, 0.2) is 12.4 Å². The Hall–Kier alpha value is -0.480. The molecular weight excluding hydrogens is 206 g/mol. The van der Waals surface area contributed by atoms with Crippen molar-refractivity contribution in [2.75, 3.05) is 18.1 Å². The van der Waals surface area contributed by atoms with Crippen LogP contribution < -0.4 is 5.32 Å². The first-order valence-electron chi connectivity index (χ1n) is 5.66. The number of nitrogens with one attached hydrogen (secondary N) is 1. The summed E-state index contributed by atoms with van der Waals surface area (Å²) >= 11 is 2.01. The Balaban J connectivity index is 2.04. The number of hydrogen-bond acceptors (Lipinski definition) is 3. The quantitative estimate of drug-likeness (QED) is 0.690. The Morgan fingerprint density at radius 1 is 1.47 bits per heavy atom. The van der Waals surface area contributed by atoms with Crippen molar-refractivity contribution in [3.63, 3.8) is 0 Å². The van der Waals surface area contributed by atoms with Crippen molar-refractivity contribution < 1.29 is 0 Å². The molecule has 1 aromatic rings. The first-order chi connectivity index (χ1) is 7.36. The van der Waals surface area contributed by atoms with Crippen LogP contribution in [0, 0.1) is 0 Å². The fourth-order valence-electron chi connectivity index (χ4n) is 1.35. The van der Waals surface area contributed by atoms with E-state index in [1.165, 1.54) is 23.5 Å². The molecule has 0 aliphatic heterocycles. The van der Waals surface area contributed by atoms with E-state index in [2.05, 4.69) is 30.5 Å². The molecule has 4 heteroatoms. The normalized spacial score (nSPS) is 10.8. The van der Waals surface area contributed by atoms with Gasteiger partial charge in [0.05, 0.1) is 6.20 Å². The van der Waals surface area contributed by atoms with Crippen LogP contribution in [0.5, 0.6) is 0 Å². The highest BCUT2D eigenvalue weighted by Gasteiger charge is 1.96. The number of hydrogen-bond donors (Lipinski definition) is 1. The van der Waals surface area contributed by atoms with Gasteiger partial charge in [-0.1, -0.05) is 6.92 Å². The van der Waals surface area contributed by atoms with E-state index in [1.807, 2.05) is 22.6 Å². The summed E-state index contributed by atoms with van der Waals surface area (Å²) in [7, 11) is 0. The molecule has 0 aromatic carbocycles. The largest absolute Gasteiger partial charge is 0.313 e. The smallest absolute Gasteiger partial charge is 0.0534 e. The topological polar surface area (TPSA) is 29.9 Å². The molecule has 0 spiro atoms. The van der Waals surface area contributed by atoms with Crippen molar-refractivity contribution >= 4 is 11.8 Å². The van der Waals surface area contributed by atoms with Gasteiger partial charge in [-0.05, 0) is 31.4 Å². The van der Waals surface area contributed by atoms with Gasteiger partial charge in [0.2, 0.25) is 0 Å². The average Bonchev–Trinajstić information content (AvgIpc) is 2.71. The first kappa shape index (κ1) is 12.6. The highest BCUT2D eigenvalue weighted by atomic mass is 32.2. The number of nitrogens with zero attached hydrogens (tertiary/aromatic N) is 2. The third kappa shape index (κ3) is 5.23. The number of rotatable bonds is 8. The van der Waals surface area contributed by atoms with Gasteiger partial charge >= 0.3 is 0 Å². The van der Waals surface area contributed by atoms with Crippen molar-refractivity contribution in [1.29, 1.82) is 0 Å². The van der Waals surface area contributed by atoms with E-state index in [0.717, 1.165) is 19.6 Å². The zero-order valence-corrected chi connectivity index (χ0v) is 10.5. The molecule has 1 aromatic heterocycles. The molecule has 1 heterocycles. The van der Waals surface area contributed by atoms with Crippen LogP contribution >= 0.6 is 11.8 Å². The Morgan fingerprint density at radius 2 is 2.33 bits per heavy atom. The van der Waals surface area contributed by atoms with E-state index >= 15 is 0 Å². The second kappa shape index (κ2) is 7.77. The molecule has 0 aliphatic carbocycles. The van der Waals surface area contributed by atoms with Crippen molar-refractivity contribution in [3.8, 4) is 0 Å². The maximum Gasteiger partial charge on any atom is 0.0534 e.